The van der Waals surface area contributed by atoms with E-state index < -0.39 is 0 Å². The lowest BCUT2D eigenvalue weighted by Crippen LogP contribution is -2.31. The fourth-order valence-corrected chi connectivity index (χ4v) is 2.64. The molecule has 0 saturated carbocycles. The van der Waals surface area contributed by atoms with Gasteiger partial charge in [-0.3, -0.25) is 0 Å². The summed E-state index contributed by atoms with van der Waals surface area (Å²) in [4.78, 5) is 0. The molecule has 0 unspecified atom stereocenters. The smallest absolute Gasteiger partial charge is 0.146 e. The van der Waals surface area contributed by atoms with Gasteiger partial charge < -0.3 is 14.2 Å². The lowest BCUT2D eigenvalue weighted by Gasteiger charge is -2.22. The Kier molecular flexibility index (Phi) is 15.9. The van der Waals surface area contributed by atoms with Gasteiger partial charge in [-0.1, -0.05) is 62.6 Å². The van der Waals surface area contributed by atoms with Crippen molar-refractivity contribution < 1.29 is 14.2 Å². The van der Waals surface area contributed by atoms with Crippen molar-refractivity contribution in [2.75, 3.05) is 26.6 Å². The summed E-state index contributed by atoms with van der Waals surface area (Å²) in [7, 11) is 0. The molecule has 0 radical (unpaired) electrons. The Morgan fingerprint density at radius 3 is 2.00 bits per heavy atom. The first-order chi connectivity index (χ1) is 12.4. The van der Waals surface area contributed by atoms with Crippen LogP contribution in [0.4, 0.5) is 0 Å². The highest BCUT2D eigenvalue weighted by Crippen LogP contribution is 2.06. The third-order valence-electron chi connectivity index (χ3n) is 4.16. The fraction of sp³-hybridized carbons (Fsp3) is 0.727. The van der Waals surface area contributed by atoms with Crippen LogP contribution in [0.1, 0.15) is 71.1 Å². The van der Waals surface area contributed by atoms with Crippen LogP contribution in [0.25, 0.3) is 0 Å². The van der Waals surface area contributed by atoms with Crippen molar-refractivity contribution >= 4 is 0 Å². The van der Waals surface area contributed by atoms with Gasteiger partial charge in [-0.2, -0.15) is 0 Å². The maximum Gasteiger partial charge on any atom is 0.146 e. The molecule has 3 heteroatoms. The zero-order valence-corrected chi connectivity index (χ0v) is 16.2. The van der Waals surface area contributed by atoms with Gasteiger partial charge >= 0.3 is 0 Å². The van der Waals surface area contributed by atoms with Gasteiger partial charge in [0, 0.05) is 6.61 Å². The van der Waals surface area contributed by atoms with E-state index in [-0.39, 0.29) is 6.10 Å². The van der Waals surface area contributed by atoms with E-state index in [1.54, 1.807) is 0 Å². The van der Waals surface area contributed by atoms with Crippen molar-refractivity contribution in [2.45, 2.75) is 77.2 Å². The summed E-state index contributed by atoms with van der Waals surface area (Å²) < 4.78 is 16.1. The van der Waals surface area contributed by atoms with Crippen LogP contribution in [-0.2, 0) is 14.2 Å². The first-order valence-corrected chi connectivity index (χ1v) is 10.2. The highest BCUT2D eigenvalue weighted by Gasteiger charge is 2.13. The van der Waals surface area contributed by atoms with Gasteiger partial charge in [0.15, 0.2) is 0 Å². The Balaban J connectivity index is 1.81. The SMILES string of the molecule is CCCCC/C=C\C/C=C\C/C=C\CCCCCOC1COCOC1. The van der Waals surface area contributed by atoms with Crippen LogP contribution in [0.15, 0.2) is 36.5 Å². The van der Waals surface area contributed by atoms with Crippen LogP contribution in [0.5, 0.6) is 0 Å². The van der Waals surface area contributed by atoms with Crippen molar-refractivity contribution in [3.8, 4) is 0 Å². The number of rotatable bonds is 15. The Hall–Kier alpha value is -0.900. The summed E-state index contributed by atoms with van der Waals surface area (Å²) in [6.45, 7) is 4.82. The zero-order valence-electron chi connectivity index (χ0n) is 16.2. The maximum atomic E-state index is 5.72. The van der Waals surface area contributed by atoms with Crippen molar-refractivity contribution in [3.05, 3.63) is 36.5 Å². The minimum Gasteiger partial charge on any atom is -0.373 e. The fourth-order valence-electron chi connectivity index (χ4n) is 2.64. The molecule has 0 atom stereocenters. The Morgan fingerprint density at radius 1 is 0.760 bits per heavy atom. The van der Waals surface area contributed by atoms with E-state index in [1.165, 1.54) is 44.9 Å². The molecule has 0 bridgehead atoms. The van der Waals surface area contributed by atoms with Gasteiger partial charge in [0.2, 0.25) is 0 Å². The van der Waals surface area contributed by atoms with E-state index in [0.717, 1.165) is 25.9 Å². The minimum absolute atomic E-state index is 0.131. The molecule has 0 amide bonds. The van der Waals surface area contributed by atoms with Gasteiger partial charge in [-0.15, -0.1) is 0 Å². The molecule has 0 aromatic heterocycles. The predicted octanol–water partition coefficient (Wildman–Crippen LogP) is 5.97. The molecule has 1 aliphatic rings. The van der Waals surface area contributed by atoms with Gasteiger partial charge in [-0.05, 0) is 44.9 Å². The molecule has 1 fully saturated rings. The molecule has 0 N–H and O–H groups in total. The van der Waals surface area contributed by atoms with Crippen LogP contribution in [-0.4, -0.2) is 32.7 Å². The van der Waals surface area contributed by atoms with E-state index >= 15 is 0 Å². The first kappa shape index (κ1) is 22.1. The summed E-state index contributed by atoms with van der Waals surface area (Å²) in [5.74, 6) is 0. The number of allylic oxidation sites excluding steroid dienone is 6. The monoisotopic (exact) mass is 350 g/mol. The molecule has 0 aromatic rings. The van der Waals surface area contributed by atoms with Crippen molar-refractivity contribution in [2.24, 2.45) is 0 Å². The molecule has 0 aliphatic carbocycles. The highest BCUT2D eigenvalue weighted by atomic mass is 16.7. The van der Waals surface area contributed by atoms with E-state index in [0.29, 0.717) is 20.0 Å². The second kappa shape index (κ2) is 17.9. The summed E-state index contributed by atoms with van der Waals surface area (Å²) >= 11 is 0. The summed E-state index contributed by atoms with van der Waals surface area (Å²) in [5, 5.41) is 0. The quantitative estimate of drug-likeness (QED) is 0.269. The average Bonchev–Trinajstić information content (AvgIpc) is 2.65. The third kappa shape index (κ3) is 15.1. The lowest BCUT2D eigenvalue weighted by molar-refractivity contribution is -0.167. The molecule has 0 aromatic carbocycles. The van der Waals surface area contributed by atoms with E-state index in [4.69, 9.17) is 14.2 Å². The second-order valence-corrected chi connectivity index (χ2v) is 6.58. The molecular formula is C22H38O3. The standard InChI is InChI=1S/C22H38O3/c1-2-3-4-5-6-7-8-9-10-11-12-13-14-15-16-17-18-25-22-19-23-21-24-20-22/h6-7,9-10,12-13,22H,2-5,8,11,14-21H2,1H3/b7-6-,10-9-,13-12-. The summed E-state index contributed by atoms with van der Waals surface area (Å²) in [6.07, 6.45) is 25.9. The maximum absolute atomic E-state index is 5.72. The van der Waals surface area contributed by atoms with Crippen molar-refractivity contribution in [1.82, 2.24) is 0 Å². The van der Waals surface area contributed by atoms with E-state index in [9.17, 15) is 0 Å². The number of hydrogen-bond donors (Lipinski definition) is 0. The molecule has 1 saturated heterocycles. The van der Waals surface area contributed by atoms with Crippen LogP contribution >= 0.6 is 0 Å². The Morgan fingerprint density at radius 2 is 1.36 bits per heavy atom. The highest BCUT2D eigenvalue weighted by molar-refractivity contribution is 4.97. The average molecular weight is 351 g/mol. The number of unbranched alkanes of at least 4 members (excludes halogenated alkanes) is 6. The van der Waals surface area contributed by atoms with Gasteiger partial charge in [0.1, 0.15) is 12.9 Å². The lowest BCUT2D eigenvalue weighted by atomic mass is 10.2. The van der Waals surface area contributed by atoms with Crippen molar-refractivity contribution in [1.29, 1.82) is 0 Å². The molecule has 3 nitrogen and oxygen atoms in total. The topological polar surface area (TPSA) is 27.7 Å². The van der Waals surface area contributed by atoms with Gasteiger partial charge in [0.25, 0.3) is 0 Å². The van der Waals surface area contributed by atoms with Crippen molar-refractivity contribution in [3.63, 3.8) is 0 Å². The Bertz CT molecular complexity index is 354. The van der Waals surface area contributed by atoms with Gasteiger partial charge in [0.05, 0.1) is 13.2 Å². The van der Waals surface area contributed by atoms with Crippen LogP contribution in [0, 0.1) is 0 Å². The molecule has 1 heterocycles. The predicted molar refractivity (Wildman–Crippen MR) is 106 cm³/mol. The molecular weight excluding hydrogens is 312 g/mol. The molecule has 25 heavy (non-hydrogen) atoms. The molecule has 144 valence electrons. The second-order valence-electron chi connectivity index (χ2n) is 6.58. The largest absolute Gasteiger partial charge is 0.373 e. The first-order valence-electron chi connectivity index (χ1n) is 10.2. The zero-order chi connectivity index (χ0) is 17.8. The molecule has 0 spiro atoms. The molecule has 1 rings (SSSR count). The van der Waals surface area contributed by atoms with E-state index in [1.807, 2.05) is 0 Å². The third-order valence-corrected chi connectivity index (χ3v) is 4.16. The van der Waals surface area contributed by atoms with Crippen LogP contribution in [0.3, 0.4) is 0 Å². The summed E-state index contributed by atoms with van der Waals surface area (Å²) in [5.41, 5.74) is 0. The minimum atomic E-state index is 0.131. The van der Waals surface area contributed by atoms with Gasteiger partial charge in [-0.25, -0.2) is 0 Å². The summed E-state index contributed by atoms with van der Waals surface area (Å²) in [6, 6.07) is 0. The van der Waals surface area contributed by atoms with E-state index in [2.05, 4.69) is 43.4 Å². The number of hydrogen-bond acceptors (Lipinski definition) is 3. The Labute approximate surface area is 155 Å². The molecule has 1 aliphatic heterocycles. The normalized spacial score (nSPS) is 16.7. The van der Waals surface area contributed by atoms with Crippen LogP contribution in [0.2, 0.25) is 0 Å². The number of ether oxygens (including phenoxy) is 3. The van der Waals surface area contributed by atoms with Crippen LogP contribution < -0.4 is 0 Å².